The van der Waals surface area contributed by atoms with Crippen molar-refractivity contribution < 1.29 is 13.2 Å². The van der Waals surface area contributed by atoms with Gasteiger partial charge in [0.25, 0.3) is 0 Å². The lowest BCUT2D eigenvalue weighted by atomic mass is 9.99. The van der Waals surface area contributed by atoms with Crippen LogP contribution in [0.3, 0.4) is 0 Å². The van der Waals surface area contributed by atoms with Gasteiger partial charge in [0.2, 0.25) is 0 Å². The van der Waals surface area contributed by atoms with Gasteiger partial charge in [-0.1, -0.05) is 18.2 Å². The van der Waals surface area contributed by atoms with Crippen molar-refractivity contribution in [3.05, 3.63) is 84.9 Å². The van der Waals surface area contributed by atoms with Crippen molar-refractivity contribution in [2.45, 2.75) is 24.7 Å². The van der Waals surface area contributed by atoms with E-state index >= 15 is 0 Å². The second-order valence-electron chi connectivity index (χ2n) is 10.5. The van der Waals surface area contributed by atoms with Crippen LogP contribution in [0, 0.1) is 0 Å². The fourth-order valence-electron chi connectivity index (χ4n) is 6.34. The molecule has 2 N–H and O–H groups in total. The zero-order valence-corrected chi connectivity index (χ0v) is 21.6. The molecule has 0 spiro atoms. The van der Waals surface area contributed by atoms with Gasteiger partial charge in [0, 0.05) is 66.0 Å². The van der Waals surface area contributed by atoms with Crippen LogP contribution in [-0.2, 0) is 6.18 Å². The molecule has 2 aliphatic heterocycles. The lowest BCUT2D eigenvalue weighted by molar-refractivity contribution is -0.137. The molecule has 0 saturated carbocycles. The van der Waals surface area contributed by atoms with Gasteiger partial charge in [-0.2, -0.15) is 23.4 Å². The Balaban J connectivity index is 1.35. The van der Waals surface area contributed by atoms with Gasteiger partial charge < -0.3 is 10.2 Å². The average Bonchev–Trinajstić information content (AvgIpc) is 3.80. The highest BCUT2D eigenvalue weighted by atomic mass is 19.4. The highest BCUT2D eigenvalue weighted by Gasteiger charge is 2.42. The molecule has 204 valence electrons. The van der Waals surface area contributed by atoms with Crippen LogP contribution < -0.4 is 10.2 Å². The maximum absolute atomic E-state index is 14.5. The van der Waals surface area contributed by atoms with Crippen LogP contribution in [0.15, 0.2) is 79.4 Å². The molecule has 2 bridgehead atoms. The van der Waals surface area contributed by atoms with Gasteiger partial charge in [-0.3, -0.25) is 10.1 Å². The first-order valence-electron chi connectivity index (χ1n) is 13.4. The standard InChI is InChI=1S/C30H23F3N8/c31-30(32,33)23-12-18(4-5-26(23)40-16-19-13-20(40)14-36-19)25-8-11-35-29-27(21-2-1-3-24-22(21)15-37-38-24)28(39-41(25)29)17-6-9-34-10-7-17/h1-12,15,19-20,36H,13-14,16H2,(H,37,38)/t19-,20+/m1/s1. The molecule has 41 heavy (non-hydrogen) atoms. The maximum atomic E-state index is 14.5. The maximum Gasteiger partial charge on any atom is 0.418 e. The molecule has 2 atom stereocenters. The minimum absolute atomic E-state index is 0.0711. The van der Waals surface area contributed by atoms with Gasteiger partial charge in [-0.25, -0.2) is 9.50 Å². The second kappa shape index (κ2) is 8.87. The smallest absolute Gasteiger partial charge is 0.365 e. The molecular formula is C30H23F3N8. The van der Waals surface area contributed by atoms with Crippen LogP contribution in [0.5, 0.6) is 0 Å². The molecular weight excluding hydrogens is 529 g/mol. The van der Waals surface area contributed by atoms with E-state index < -0.39 is 11.7 Å². The average molecular weight is 553 g/mol. The summed E-state index contributed by atoms with van der Waals surface area (Å²) in [6, 6.07) is 16.2. The molecule has 0 radical (unpaired) electrons. The molecule has 0 aliphatic carbocycles. The number of halogens is 3. The quantitative estimate of drug-likeness (QED) is 0.297. The molecule has 4 aromatic heterocycles. The number of hydrogen-bond donors (Lipinski definition) is 2. The van der Waals surface area contributed by atoms with Crippen molar-refractivity contribution in [1.82, 2.24) is 35.1 Å². The summed E-state index contributed by atoms with van der Waals surface area (Å²) >= 11 is 0. The number of nitrogens with zero attached hydrogens (tertiary/aromatic N) is 6. The summed E-state index contributed by atoms with van der Waals surface area (Å²) in [6.45, 7) is 1.27. The Kier molecular flexibility index (Phi) is 5.20. The number of hydrogen-bond acceptors (Lipinski definition) is 6. The minimum atomic E-state index is -4.51. The number of piperazine rings is 1. The zero-order valence-electron chi connectivity index (χ0n) is 21.6. The van der Waals surface area contributed by atoms with Gasteiger partial charge >= 0.3 is 6.18 Å². The molecule has 2 fully saturated rings. The summed E-state index contributed by atoms with van der Waals surface area (Å²) in [4.78, 5) is 10.7. The predicted octanol–water partition coefficient (Wildman–Crippen LogP) is 5.57. The van der Waals surface area contributed by atoms with E-state index in [-0.39, 0.29) is 17.8 Å². The first kappa shape index (κ1) is 24.1. The zero-order chi connectivity index (χ0) is 27.7. The van der Waals surface area contributed by atoms with Crippen LogP contribution in [-0.4, -0.2) is 55.0 Å². The fourth-order valence-corrected chi connectivity index (χ4v) is 6.34. The van der Waals surface area contributed by atoms with Crippen LogP contribution in [0.2, 0.25) is 0 Å². The first-order valence-corrected chi connectivity index (χ1v) is 13.4. The van der Waals surface area contributed by atoms with E-state index in [1.54, 1.807) is 47.5 Å². The third-order valence-electron chi connectivity index (χ3n) is 8.19. The summed E-state index contributed by atoms with van der Waals surface area (Å²) in [7, 11) is 0. The number of benzene rings is 2. The molecule has 8 nitrogen and oxygen atoms in total. The van der Waals surface area contributed by atoms with Crippen LogP contribution in [0.4, 0.5) is 18.9 Å². The normalized spacial score (nSPS) is 18.7. The third kappa shape index (κ3) is 3.80. The Bertz CT molecular complexity index is 1930. The molecule has 6 heterocycles. The number of H-pyrrole nitrogens is 1. The number of aromatic amines is 1. The van der Waals surface area contributed by atoms with Crippen LogP contribution in [0.1, 0.15) is 12.0 Å². The van der Waals surface area contributed by atoms with Crippen molar-refractivity contribution in [2.24, 2.45) is 0 Å². The summed E-state index contributed by atoms with van der Waals surface area (Å²) in [5, 5.41) is 16.4. The van der Waals surface area contributed by atoms with Crippen LogP contribution in [0.25, 0.3) is 50.2 Å². The molecule has 2 aliphatic rings. The highest BCUT2D eigenvalue weighted by molar-refractivity contribution is 6.02. The molecule has 2 saturated heterocycles. The lowest BCUT2D eigenvalue weighted by Gasteiger charge is -2.32. The number of alkyl halides is 3. The van der Waals surface area contributed by atoms with Gasteiger partial charge in [0.05, 0.1) is 28.5 Å². The minimum Gasteiger partial charge on any atom is -0.365 e. The van der Waals surface area contributed by atoms with Crippen molar-refractivity contribution in [1.29, 1.82) is 0 Å². The van der Waals surface area contributed by atoms with Gasteiger partial charge in [0.1, 0.15) is 5.69 Å². The Morgan fingerprint density at radius 1 is 0.951 bits per heavy atom. The molecule has 8 rings (SSSR count). The summed E-state index contributed by atoms with van der Waals surface area (Å²) in [5.74, 6) is 0. The van der Waals surface area contributed by atoms with Crippen LogP contribution >= 0.6 is 0 Å². The number of pyridine rings is 1. The van der Waals surface area contributed by atoms with Gasteiger partial charge in [-0.05, 0) is 48.4 Å². The van der Waals surface area contributed by atoms with E-state index in [0.29, 0.717) is 35.7 Å². The number of nitrogens with one attached hydrogen (secondary N) is 2. The molecule has 2 aromatic carbocycles. The topological polar surface area (TPSA) is 87.0 Å². The summed E-state index contributed by atoms with van der Waals surface area (Å²) < 4.78 is 45.1. The highest BCUT2D eigenvalue weighted by Crippen LogP contribution is 2.43. The van der Waals surface area contributed by atoms with Crippen molar-refractivity contribution in [3.8, 4) is 33.6 Å². The van der Waals surface area contributed by atoms with E-state index in [1.165, 1.54) is 6.07 Å². The second-order valence-corrected chi connectivity index (χ2v) is 10.5. The largest absolute Gasteiger partial charge is 0.418 e. The van der Waals surface area contributed by atoms with E-state index in [9.17, 15) is 13.2 Å². The monoisotopic (exact) mass is 552 g/mol. The fraction of sp³-hybridized carbons (Fsp3) is 0.200. The summed E-state index contributed by atoms with van der Waals surface area (Å²) in [5.41, 5.74) is 4.99. The Morgan fingerprint density at radius 2 is 1.83 bits per heavy atom. The van der Waals surface area contributed by atoms with Crippen molar-refractivity contribution in [2.75, 3.05) is 18.0 Å². The van der Waals surface area contributed by atoms with Crippen molar-refractivity contribution >= 4 is 22.2 Å². The first-order chi connectivity index (χ1) is 20.0. The Morgan fingerprint density at radius 3 is 2.61 bits per heavy atom. The summed E-state index contributed by atoms with van der Waals surface area (Å²) in [6.07, 6.45) is 3.09. The molecule has 0 amide bonds. The van der Waals surface area contributed by atoms with Gasteiger partial charge in [0.15, 0.2) is 5.65 Å². The number of rotatable bonds is 4. The number of anilines is 1. The predicted molar refractivity (Wildman–Crippen MR) is 149 cm³/mol. The Hall–Kier alpha value is -4.77. The van der Waals surface area contributed by atoms with E-state index in [4.69, 9.17) is 5.10 Å². The Labute approximate surface area is 231 Å². The van der Waals surface area contributed by atoms with Gasteiger partial charge in [-0.15, -0.1) is 0 Å². The number of fused-ring (bicyclic) bond motifs is 4. The van der Waals surface area contributed by atoms with E-state index in [0.717, 1.165) is 34.0 Å². The lowest BCUT2D eigenvalue weighted by Crippen LogP contribution is -2.44. The number of aromatic nitrogens is 6. The molecule has 6 aromatic rings. The molecule has 11 heteroatoms. The van der Waals surface area contributed by atoms with E-state index in [2.05, 4.69) is 25.5 Å². The molecule has 0 unspecified atom stereocenters. The SMILES string of the molecule is FC(F)(F)c1cc(-c2ccnc3c(-c4cccc5[nH]ncc45)c(-c4ccncc4)nn23)ccc1N1C[C@H]2C[C@H]1CN2. The van der Waals surface area contributed by atoms with E-state index in [1.807, 2.05) is 35.2 Å². The third-order valence-corrected chi connectivity index (χ3v) is 8.19. The van der Waals surface area contributed by atoms with Crippen molar-refractivity contribution in [3.63, 3.8) is 0 Å².